The molecule has 0 atom stereocenters. The highest BCUT2D eigenvalue weighted by atomic mass is 16.5. The van der Waals surface area contributed by atoms with Crippen LogP contribution in [-0.2, 0) is 9.53 Å². The lowest BCUT2D eigenvalue weighted by Gasteiger charge is -1.89. The van der Waals surface area contributed by atoms with E-state index in [0.29, 0.717) is 6.47 Å². The fourth-order valence-electron chi connectivity index (χ4n) is 0.346. The summed E-state index contributed by atoms with van der Waals surface area (Å²) in [7, 11) is 1.31. The lowest BCUT2D eigenvalue weighted by atomic mass is 10.5. The first-order valence-electron chi connectivity index (χ1n) is 3.61. The molecule has 0 aliphatic rings. The molecular formula is C8H17NO2. The van der Waals surface area contributed by atoms with Crippen molar-refractivity contribution in [2.45, 2.75) is 13.8 Å². The van der Waals surface area contributed by atoms with Gasteiger partial charge in [-0.1, -0.05) is 19.1 Å². The fourth-order valence-corrected chi connectivity index (χ4v) is 0.346. The Bertz CT molecular complexity index is 92.1. The molecule has 0 aromatic carbocycles. The molecule has 0 heterocycles. The molecule has 0 radical (unpaired) electrons. The quantitative estimate of drug-likeness (QED) is 0.377. The van der Waals surface area contributed by atoms with Gasteiger partial charge in [0, 0.05) is 6.54 Å². The summed E-state index contributed by atoms with van der Waals surface area (Å²) in [4.78, 5) is 8.95. The average molecular weight is 159 g/mol. The van der Waals surface area contributed by atoms with Crippen molar-refractivity contribution >= 4 is 6.47 Å². The summed E-state index contributed by atoms with van der Waals surface area (Å²) < 4.78 is 3.86. The Labute approximate surface area is 68.4 Å². The minimum atomic E-state index is 0.375. The molecule has 0 aromatic heterocycles. The molecule has 0 rings (SSSR count). The molecule has 1 N–H and O–H groups in total. The fraction of sp³-hybridized carbons (Fsp3) is 0.625. The number of methoxy groups -OCH3 is 1. The van der Waals surface area contributed by atoms with Crippen molar-refractivity contribution in [1.29, 1.82) is 0 Å². The normalized spacial score (nSPS) is 8.64. The molecule has 3 nitrogen and oxygen atoms in total. The molecule has 0 saturated heterocycles. The number of ether oxygens (including phenoxy) is 1. The lowest BCUT2D eigenvalue weighted by Crippen LogP contribution is -2.11. The molecule has 66 valence electrons. The number of carbonyl (C=O) groups is 1. The van der Waals surface area contributed by atoms with Crippen LogP contribution in [0.15, 0.2) is 12.2 Å². The summed E-state index contributed by atoms with van der Waals surface area (Å²) in [5, 5.41) is 3.16. The standard InChI is InChI=1S/C6H13N.C2H4O2/c1-3-5-6-7-4-2;1-4-2-3/h3,5,7H,4,6H2,1-2H3;2H,1H3/b5-3+;. The van der Waals surface area contributed by atoms with Gasteiger partial charge < -0.3 is 10.1 Å². The molecule has 3 heteroatoms. The molecule has 0 unspecified atom stereocenters. The van der Waals surface area contributed by atoms with E-state index in [1.165, 1.54) is 7.11 Å². The van der Waals surface area contributed by atoms with E-state index in [1.54, 1.807) is 0 Å². The Balaban J connectivity index is 0. The number of hydrogen-bond donors (Lipinski definition) is 1. The first-order valence-corrected chi connectivity index (χ1v) is 3.61. The number of carbonyl (C=O) groups excluding carboxylic acids is 1. The third-order valence-electron chi connectivity index (χ3n) is 0.844. The van der Waals surface area contributed by atoms with E-state index < -0.39 is 0 Å². The van der Waals surface area contributed by atoms with Gasteiger partial charge in [0.05, 0.1) is 7.11 Å². The van der Waals surface area contributed by atoms with Crippen LogP contribution >= 0.6 is 0 Å². The predicted octanol–water partition coefficient (Wildman–Crippen LogP) is 0.961. The Morgan fingerprint density at radius 1 is 1.55 bits per heavy atom. The Morgan fingerprint density at radius 2 is 2.09 bits per heavy atom. The molecule has 0 aliphatic carbocycles. The van der Waals surface area contributed by atoms with Crippen molar-refractivity contribution in [2.24, 2.45) is 0 Å². The summed E-state index contributed by atoms with van der Waals surface area (Å²) in [5.41, 5.74) is 0. The van der Waals surface area contributed by atoms with E-state index in [-0.39, 0.29) is 0 Å². The van der Waals surface area contributed by atoms with Gasteiger partial charge in [0.25, 0.3) is 6.47 Å². The zero-order valence-electron chi connectivity index (χ0n) is 7.46. The molecule has 0 fully saturated rings. The molecular weight excluding hydrogens is 142 g/mol. The SMILES string of the molecule is C/C=C/CNCC.COC=O. The van der Waals surface area contributed by atoms with E-state index in [4.69, 9.17) is 4.79 Å². The van der Waals surface area contributed by atoms with Crippen LogP contribution in [0.2, 0.25) is 0 Å². The number of nitrogens with one attached hydrogen (secondary N) is 1. The maximum atomic E-state index is 8.95. The van der Waals surface area contributed by atoms with Crippen LogP contribution in [0.4, 0.5) is 0 Å². The van der Waals surface area contributed by atoms with Crippen molar-refractivity contribution in [2.75, 3.05) is 20.2 Å². The highest BCUT2D eigenvalue weighted by Crippen LogP contribution is 1.64. The second-order valence-electron chi connectivity index (χ2n) is 1.71. The molecule has 0 spiro atoms. The van der Waals surface area contributed by atoms with Gasteiger partial charge in [-0.2, -0.15) is 0 Å². The lowest BCUT2D eigenvalue weighted by molar-refractivity contribution is -0.126. The van der Waals surface area contributed by atoms with Gasteiger partial charge >= 0.3 is 0 Å². The Hall–Kier alpha value is -0.830. The second kappa shape index (κ2) is 16.1. The van der Waals surface area contributed by atoms with E-state index >= 15 is 0 Å². The molecule has 0 saturated carbocycles. The van der Waals surface area contributed by atoms with Crippen LogP contribution in [0.25, 0.3) is 0 Å². The van der Waals surface area contributed by atoms with E-state index in [2.05, 4.69) is 23.1 Å². The van der Waals surface area contributed by atoms with Gasteiger partial charge in [-0.15, -0.1) is 0 Å². The average Bonchev–Trinajstić information content (AvgIpc) is 2.06. The summed E-state index contributed by atoms with van der Waals surface area (Å²) in [5.74, 6) is 0. The summed E-state index contributed by atoms with van der Waals surface area (Å²) in [6.07, 6.45) is 4.14. The van der Waals surface area contributed by atoms with Crippen molar-refractivity contribution in [1.82, 2.24) is 5.32 Å². The van der Waals surface area contributed by atoms with Crippen LogP contribution in [0.5, 0.6) is 0 Å². The van der Waals surface area contributed by atoms with Crippen molar-refractivity contribution < 1.29 is 9.53 Å². The highest BCUT2D eigenvalue weighted by Gasteiger charge is 1.68. The van der Waals surface area contributed by atoms with Crippen LogP contribution in [-0.4, -0.2) is 26.7 Å². The number of likely N-dealkylation sites (N-methyl/N-ethyl adjacent to an activating group) is 1. The molecule has 0 aromatic rings. The van der Waals surface area contributed by atoms with Gasteiger partial charge in [-0.05, 0) is 13.5 Å². The van der Waals surface area contributed by atoms with E-state index in [9.17, 15) is 0 Å². The van der Waals surface area contributed by atoms with Crippen LogP contribution in [0.1, 0.15) is 13.8 Å². The van der Waals surface area contributed by atoms with Crippen LogP contribution in [0.3, 0.4) is 0 Å². The highest BCUT2D eigenvalue weighted by molar-refractivity contribution is 5.36. The first kappa shape index (κ1) is 12.8. The monoisotopic (exact) mass is 159 g/mol. The maximum Gasteiger partial charge on any atom is 0.292 e. The van der Waals surface area contributed by atoms with Gasteiger partial charge in [-0.3, -0.25) is 4.79 Å². The van der Waals surface area contributed by atoms with Crippen LogP contribution < -0.4 is 5.32 Å². The molecule has 0 aliphatic heterocycles. The summed E-state index contributed by atoms with van der Waals surface area (Å²) in [6, 6.07) is 0. The largest absolute Gasteiger partial charge is 0.471 e. The Kier molecular flexibility index (Phi) is 18.7. The van der Waals surface area contributed by atoms with E-state index in [0.717, 1.165) is 13.1 Å². The first-order chi connectivity index (χ1) is 5.33. The van der Waals surface area contributed by atoms with Gasteiger partial charge in [0.2, 0.25) is 0 Å². The predicted molar refractivity (Wildman–Crippen MR) is 46.4 cm³/mol. The molecule has 0 amide bonds. The smallest absolute Gasteiger partial charge is 0.292 e. The number of rotatable bonds is 4. The zero-order chi connectivity index (χ0) is 8.95. The third kappa shape index (κ3) is 27.1. The topological polar surface area (TPSA) is 38.3 Å². The molecule has 0 bridgehead atoms. The van der Waals surface area contributed by atoms with Gasteiger partial charge in [0.15, 0.2) is 0 Å². The van der Waals surface area contributed by atoms with Gasteiger partial charge in [-0.25, -0.2) is 0 Å². The Morgan fingerprint density at radius 3 is 2.36 bits per heavy atom. The maximum absolute atomic E-state index is 8.95. The number of allylic oxidation sites excluding steroid dienone is 1. The van der Waals surface area contributed by atoms with Crippen molar-refractivity contribution in [3.63, 3.8) is 0 Å². The minimum absolute atomic E-state index is 0.375. The van der Waals surface area contributed by atoms with Gasteiger partial charge in [0.1, 0.15) is 0 Å². The van der Waals surface area contributed by atoms with Crippen molar-refractivity contribution in [3.05, 3.63) is 12.2 Å². The second-order valence-corrected chi connectivity index (χ2v) is 1.71. The molecule has 11 heavy (non-hydrogen) atoms. The number of hydrogen-bond acceptors (Lipinski definition) is 3. The zero-order valence-corrected chi connectivity index (χ0v) is 7.46. The van der Waals surface area contributed by atoms with Crippen molar-refractivity contribution in [3.8, 4) is 0 Å². The summed E-state index contributed by atoms with van der Waals surface area (Å²) >= 11 is 0. The van der Waals surface area contributed by atoms with E-state index in [1.807, 2.05) is 13.0 Å². The van der Waals surface area contributed by atoms with Crippen LogP contribution in [0, 0.1) is 0 Å². The third-order valence-corrected chi connectivity index (χ3v) is 0.844. The minimum Gasteiger partial charge on any atom is -0.471 e. The summed E-state index contributed by atoms with van der Waals surface area (Å²) in [6.45, 7) is 6.57.